The van der Waals surface area contributed by atoms with Crippen molar-refractivity contribution in [3.8, 4) is 0 Å². The zero-order chi connectivity index (χ0) is 17.2. The zero-order valence-electron chi connectivity index (χ0n) is 13.7. The summed E-state index contributed by atoms with van der Waals surface area (Å²) in [5.74, 6) is 0.952. The molecule has 132 valence electrons. The van der Waals surface area contributed by atoms with Crippen LogP contribution in [0.2, 0.25) is 5.02 Å². The first-order chi connectivity index (χ1) is 11.5. The second-order valence-corrected chi connectivity index (χ2v) is 8.58. The number of sulfonamides is 1. The van der Waals surface area contributed by atoms with Gasteiger partial charge in [0.25, 0.3) is 10.0 Å². The smallest absolute Gasteiger partial charge is 0.264 e. The maximum Gasteiger partial charge on any atom is 0.264 e. The van der Waals surface area contributed by atoms with Crippen molar-refractivity contribution in [2.45, 2.75) is 43.5 Å². The molecule has 2 aliphatic rings. The van der Waals surface area contributed by atoms with E-state index in [0.717, 1.165) is 0 Å². The molecule has 0 saturated heterocycles. The monoisotopic (exact) mass is 370 g/mol. The van der Waals surface area contributed by atoms with Crippen molar-refractivity contribution in [3.05, 3.63) is 29.3 Å². The minimum absolute atomic E-state index is 0.166. The molecule has 24 heavy (non-hydrogen) atoms. The maximum absolute atomic E-state index is 12.4. The van der Waals surface area contributed by atoms with Gasteiger partial charge in [0.05, 0.1) is 18.2 Å². The van der Waals surface area contributed by atoms with Crippen LogP contribution < -0.4 is 10.0 Å². The first kappa shape index (κ1) is 17.5. The predicted molar refractivity (Wildman–Crippen MR) is 95.3 cm³/mol. The molecule has 6 nitrogen and oxygen atoms in total. The van der Waals surface area contributed by atoms with Gasteiger partial charge in [0.2, 0.25) is 5.96 Å². The fourth-order valence-corrected chi connectivity index (χ4v) is 4.50. The Morgan fingerprint density at radius 1 is 1.25 bits per heavy atom. The van der Waals surface area contributed by atoms with Crippen LogP contribution in [0.5, 0.6) is 0 Å². The summed E-state index contributed by atoms with van der Waals surface area (Å²) < 4.78 is 27.2. The fourth-order valence-electron chi connectivity index (χ4n) is 3.37. The average Bonchev–Trinajstić information content (AvgIpc) is 2.56. The maximum atomic E-state index is 12.4. The lowest BCUT2D eigenvalue weighted by molar-refractivity contribution is 0.106. The molecule has 1 fully saturated rings. The van der Waals surface area contributed by atoms with E-state index in [1.165, 1.54) is 37.8 Å². The molecule has 0 unspecified atom stereocenters. The largest absolute Gasteiger partial charge is 0.343 e. The Kier molecular flexibility index (Phi) is 5.32. The van der Waals surface area contributed by atoms with Gasteiger partial charge in [0.15, 0.2) is 0 Å². The number of nitrogens with zero attached hydrogens (tertiary/aromatic N) is 2. The average molecular weight is 371 g/mol. The fraction of sp³-hybridized carbons (Fsp3) is 0.562. The molecule has 8 heteroatoms. The van der Waals surface area contributed by atoms with Crippen LogP contribution in [0.25, 0.3) is 0 Å². The minimum atomic E-state index is -3.65. The molecule has 2 N–H and O–H groups in total. The molecule has 0 amide bonds. The van der Waals surface area contributed by atoms with E-state index >= 15 is 0 Å². The van der Waals surface area contributed by atoms with Crippen LogP contribution in [0, 0.1) is 5.92 Å². The van der Waals surface area contributed by atoms with Gasteiger partial charge in [-0.3, -0.25) is 4.90 Å². The summed E-state index contributed by atoms with van der Waals surface area (Å²) in [5, 5.41) is 3.58. The van der Waals surface area contributed by atoms with E-state index in [9.17, 15) is 8.42 Å². The lowest BCUT2D eigenvalue weighted by atomic mass is 9.85. The third kappa shape index (κ3) is 4.02. The Morgan fingerprint density at radius 2 is 1.96 bits per heavy atom. The van der Waals surface area contributed by atoms with Crippen molar-refractivity contribution in [2.24, 2.45) is 10.9 Å². The second kappa shape index (κ2) is 7.29. The highest BCUT2D eigenvalue weighted by atomic mass is 35.5. The highest BCUT2D eigenvalue weighted by molar-refractivity contribution is 7.90. The summed E-state index contributed by atoms with van der Waals surface area (Å²) in [4.78, 5) is 6.81. The molecule has 2 atom stereocenters. The topological polar surface area (TPSA) is 73.8 Å². The van der Waals surface area contributed by atoms with Gasteiger partial charge in [-0.25, -0.2) is 18.1 Å². The second-order valence-electron chi connectivity index (χ2n) is 6.46. The summed E-state index contributed by atoms with van der Waals surface area (Å²) in [6, 6.07) is 6.58. The van der Waals surface area contributed by atoms with Crippen molar-refractivity contribution < 1.29 is 8.42 Å². The van der Waals surface area contributed by atoms with Gasteiger partial charge >= 0.3 is 0 Å². The van der Waals surface area contributed by atoms with Crippen molar-refractivity contribution in [2.75, 3.05) is 13.3 Å². The Labute approximate surface area is 148 Å². The number of nitrogens with one attached hydrogen (secondary N) is 2. The molecule has 0 aromatic heterocycles. The standard InChI is InChI=1S/C16H23ClN4O2S/c1-12-4-2-3-5-15(12)21-10-18-16(19-11-21)20-24(22,23)14-8-6-13(17)7-9-14/h6-9,12,15H,2-5,10-11H2,1H3,(H2,18,19,20)/t12-,15+/m1/s1. The van der Waals surface area contributed by atoms with Crippen LogP contribution in [-0.2, 0) is 10.0 Å². The van der Waals surface area contributed by atoms with Crippen molar-refractivity contribution in [3.63, 3.8) is 0 Å². The highest BCUT2D eigenvalue weighted by Gasteiger charge is 2.29. The van der Waals surface area contributed by atoms with Gasteiger partial charge in [-0.05, 0) is 43.0 Å². The Morgan fingerprint density at radius 3 is 2.58 bits per heavy atom. The van der Waals surface area contributed by atoms with Crippen LogP contribution in [-0.4, -0.2) is 38.7 Å². The molecule has 1 aliphatic heterocycles. The summed E-state index contributed by atoms with van der Waals surface area (Å²) >= 11 is 5.80. The van der Waals surface area contributed by atoms with Crippen LogP contribution >= 0.6 is 11.6 Å². The van der Waals surface area contributed by atoms with Crippen LogP contribution in [0.1, 0.15) is 32.6 Å². The van der Waals surface area contributed by atoms with E-state index in [4.69, 9.17) is 11.6 Å². The van der Waals surface area contributed by atoms with E-state index in [1.54, 1.807) is 12.1 Å². The third-order valence-electron chi connectivity index (χ3n) is 4.75. The first-order valence-electron chi connectivity index (χ1n) is 8.26. The van der Waals surface area contributed by atoms with Crippen molar-refractivity contribution >= 4 is 27.6 Å². The molecular formula is C16H23ClN4O2S. The van der Waals surface area contributed by atoms with Crippen molar-refractivity contribution in [1.82, 2.24) is 14.9 Å². The van der Waals surface area contributed by atoms with E-state index in [2.05, 4.69) is 26.9 Å². The van der Waals surface area contributed by atoms with Crippen LogP contribution in [0.4, 0.5) is 0 Å². The molecule has 0 bridgehead atoms. The van der Waals surface area contributed by atoms with E-state index in [-0.39, 0.29) is 4.90 Å². The van der Waals surface area contributed by atoms with Gasteiger partial charge in [0, 0.05) is 11.1 Å². The molecule has 0 radical (unpaired) electrons. The molecule has 3 rings (SSSR count). The van der Waals surface area contributed by atoms with E-state index in [0.29, 0.717) is 36.3 Å². The third-order valence-corrected chi connectivity index (χ3v) is 6.36. The van der Waals surface area contributed by atoms with E-state index in [1.807, 2.05) is 0 Å². The number of hydrogen-bond donors (Lipinski definition) is 2. The molecule has 1 aromatic carbocycles. The summed E-state index contributed by atoms with van der Waals surface area (Å²) in [6.45, 7) is 3.41. The SMILES string of the molecule is C[C@@H]1CCCC[C@@H]1N1CN=C(NS(=O)(=O)c2ccc(Cl)cc2)NC1. The molecule has 1 heterocycles. The molecule has 1 aliphatic carbocycles. The molecule has 1 aromatic rings. The molecule has 1 saturated carbocycles. The van der Waals surface area contributed by atoms with Gasteiger partial charge in [-0.2, -0.15) is 0 Å². The Bertz CT molecular complexity index is 705. The summed E-state index contributed by atoms with van der Waals surface area (Å²) in [6.07, 6.45) is 4.99. The lowest BCUT2D eigenvalue weighted by Crippen LogP contribution is -2.54. The number of rotatable bonds is 3. The number of benzene rings is 1. The Hall–Kier alpha value is -1.31. The Balaban J connectivity index is 1.63. The molecule has 0 spiro atoms. The zero-order valence-corrected chi connectivity index (χ0v) is 15.3. The predicted octanol–water partition coefficient (Wildman–Crippen LogP) is 2.37. The van der Waals surface area contributed by atoms with Crippen molar-refractivity contribution in [1.29, 1.82) is 0 Å². The number of guanidine groups is 1. The normalized spacial score (nSPS) is 25.7. The van der Waals surface area contributed by atoms with Crippen LogP contribution in [0.15, 0.2) is 34.2 Å². The van der Waals surface area contributed by atoms with Gasteiger partial charge < -0.3 is 5.32 Å². The van der Waals surface area contributed by atoms with Gasteiger partial charge in [0.1, 0.15) is 0 Å². The summed E-state index contributed by atoms with van der Waals surface area (Å²) in [5.41, 5.74) is 0. The van der Waals surface area contributed by atoms with E-state index < -0.39 is 10.0 Å². The van der Waals surface area contributed by atoms with Gasteiger partial charge in [-0.1, -0.05) is 31.4 Å². The molecular weight excluding hydrogens is 348 g/mol. The number of aliphatic imine (C=N–C) groups is 1. The number of halogens is 1. The quantitative estimate of drug-likeness (QED) is 0.856. The van der Waals surface area contributed by atoms with Gasteiger partial charge in [-0.15, -0.1) is 0 Å². The van der Waals surface area contributed by atoms with Crippen LogP contribution in [0.3, 0.4) is 0 Å². The number of hydrogen-bond acceptors (Lipinski definition) is 5. The lowest BCUT2D eigenvalue weighted by Gasteiger charge is -2.39. The minimum Gasteiger partial charge on any atom is -0.343 e. The summed E-state index contributed by atoms with van der Waals surface area (Å²) in [7, 11) is -3.65. The highest BCUT2D eigenvalue weighted by Crippen LogP contribution is 2.28. The first-order valence-corrected chi connectivity index (χ1v) is 10.1.